The summed E-state index contributed by atoms with van der Waals surface area (Å²) in [7, 11) is 0. The Morgan fingerprint density at radius 1 is 1.31 bits per heavy atom. The summed E-state index contributed by atoms with van der Waals surface area (Å²) >= 11 is 13.2. The third kappa shape index (κ3) is 1.46. The molecule has 0 saturated heterocycles. The molecule has 1 aromatic carbocycles. The van der Waals surface area contributed by atoms with Crippen LogP contribution in [0.15, 0.2) is 17.5 Å². The standard InChI is InChI=1S/C9H4Cl2OS/c10-6-1-5(3-12)9-7(11)4-13-8(9)2-6/h1-4H. The van der Waals surface area contributed by atoms with Gasteiger partial charge in [0.25, 0.3) is 0 Å². The van der Waals surface area contributed by atoms with Crippen molar-refractivity contribution < 1.29 is 4.79 Å². The zero-order valence-corrected chi connectivity index (χ0v) is 8.71. The molecule has 13 heavy (non-hydrogen) atoms. The second-order valence-corrected chi connectivity index (χ2v) is 4.32. The van der Waals surface area contributed by atoms with Gasteiger partial charge >= 0.3 is 0 Å². The summed E-state index contributed by atoms with van der Waals surface area (Å²) in [6.07, 6.45) is 0.771. The first kappa shape index (κ1) is 9.00. The van der Waals surface area contributed by atoms with Crippen LogP contribution in [0.5, 0.6) is 0 Å². The van der Waals surface area contributed by atoms with Gasteiger partial charge in [0.15, 0.2) is 6.29 Å². The first-order chi connectivity index (χ1) is 6.22. The molecular weight excluding hydrogens is 227 g/mol. The number of carbonyl (C=O) groups is 1. The molecule has 0 unspecified atom stereocenters. The van der Waals surface area contributed by atoms with Crippen LogP contribution in [-0.4, -0.2) is 6.29 Å². The number of hydrogen-bond donors (Lipinski definition) is 0. The molecule has 0 spiro atoms. The molecule has 0 fully saturated rings. The maximum atomic E-state index is 10.7. The summed E-state index contributed by atoms with van der Waals surface area (Å²) in [6, 6.07) is 3.43. The van der Waals surface area contributed by atoms with Crippen LogP contribution in [0.4, 0.5) is 0 Å². The van der Waals surface area contributed by atoms with Gasteiger partial charge in [-0.1, -0.05) is 23.2 Å². The molecule has 0 aliphatic heterocycles. The summed E-state index contributed by atoms with van der Waals surface area (Å²) in [6.45, 7) is 0. The highest BCUT2D eigenvalue weighted by atomic mass is 35.5. The SMILES string of the molecule is O=Cc1cc(Cl)cc2scc(Cl)c12. The second-order valence-electron chi connectivity index (χ2n) is 2.57. The van der Waals surface area contributed by atoms with E-state index in [0.29, 0.717) is 15.6 Å². The molecular formula is C9H4Cl2OS. The van der Waals surface area contributed by atoms with Crippen LogP contribution >= 0.6 is 34.5 Å². The predicted octanol–water partition coefficient (Wildman–Crippen LogP) is 4.02. The van der Waals surface area contributed by atoms with E-state index in [2.05, 4.69) is 0 Å². The number of halogens is 2. The second kappa shape index (κ2) is 3.29. The van der Waals surface area contributed by atoms with Crippen molar-refractivity contribution in [2.45, 2.75) is 0 Å². The van der Waals surface area contributed by atoms with Gasteiger partial charge in [-0.15, -0.1) is 11.3 Å². The minimum Gasteiger partial charge on any atom is -0.298 e. The van der Waals surface area contributed by atoms with E-state index in [4.69, 9.17) is 23.2 Å². The van der Waals surface area contributed by atoms with Gasteiger partial charge in [0.2, 0.25) is 0 Å². The summed E-state index contributed by atoms with van der Waals surface area (Å²) < 4.78 is 0.944. The van der Waals surface area contributed by atoms with Crippen LogP contribution in [0.3, 0.4) is 0 Å². The van der Waals surface area contributed by atoms with Gasteiger partial charge in [-0.2, -0.15) is 0 Å². The fourth-order valence-corrected chi connectivity index (χ4v) is 2.80. The third-order valence-electron chi connectivity index (χ3n) is 1.75. The number of benzene rings is 1. The molecule has 0 aliphatic carbocycles. The molecule has 1 nitrogen and oxygen atoms in total. The van der Waals surface area contributed by atoms with Crippen LogP contribution in [0, 0.1) is 0 Å². The monoisotopic (exact) mass is 230 g/mol. The van der Waals surface area contributed by atoms with Crippen molar-refractivity contribution in [3.8, 4) is 0 Å². The minimum atomic E-state index is 0.550. The van der Waals surface area contributed by atoms with Crippen LogP contribution in [-0.2, 0) is 0 Å². The van der Waals surface area contributed by atoms with Crippen molar-refractivity contribution in [2.24, 2.45) is 0 Å². The lowest BCUT2D eigenvalue weighted by Gasteiger charge is -1.96. The molecule has 2 aromatic rings. The van der Waals surface area contributed by atoms with Crippen molar-refractivity contribution in [3.05, 3.63) is 33.1 Å². The molecule has 0 amide bonds. The summed E-state index contributed by atoms with van der Waals surface area (Å²) in [5.74, 6) is 0. The lowest BCUT2D eigenvalue weighted by Crippen LogP contribution is -1.80. The highest BCUT2D eigenvalue weighted by Crippen LogP contribution is 2.34. The Morgan fingerprint density at radius 2 is 2.08 bits per heavy atom. The average Bonchev–Trinajstić information content (AvgIpc) is 2.46. The Kier molecular flexibility index (Phi) is 2.28. The maximum Gasteiger partial charge on any atom is 0.150 e. The van der Waals surface area contributed by atoms with Crippen LogP contribution in [0.2, 0.25) is 10.0 Å². The van der Waals surface area contributed by atoms with E-state index in [1.165, 1.54) is 11.3 Å². The van der Waals surface area contributed by atoms with Crippen molar-refractivity contribution in [1.82, 2.24) is 0 Å². The molecule has 0 radical (unpaired) electrons. The van der Waals surface area contributed by atoms with Crippen molar-refractivity contribution in [1.29, 1.82) is 0 Å². The fraction of sp³-hybridized carbons (Fsp3) is 0. The van der Waals surface area contributed by atoms with E-state index in [9.17, 15) is 4.79 Å². The van der Waals surface area contributed by atoms with Crippen LogP contribution < -0.4 is 0 Å². The average molecular weight is 231 g/mol. The molecule has 66 valence electrons. The molecule has 1 aromatic heterocycles. The fourth-order valence-electron chi connectivity index (χ4n) is 1.22. The quantitative estimate of drug-likeness (QED) is 0.677. The zero-order chi connectivity index (χ0) is 9.42. The molecule has 0 bridgehead atoms. The normalized spacial score (nSPS) is 10.6. The predicted molar refractivity (Wildman–Crippen MR) is 57.2 cm³/mol. The van der Waals surface area contributed by atoms with E-state index in [0.717, 1.165) is 16.4 Å². The summed E-state index contributed by atoms with van der Waals surface area (Å²) in [4.78, 5) is 10.7. The van der Waals surface area contributed by atoms with E-state index >= 15 is 0 Å². The molecule has 0 saturated carbocycles. The van der Waals surface area contributed by atoms with Gasteiger partial charge in [-0.3, -0.25) is 4.79 Å². The number of aldehydes is 1. The van der Waals surface area contributed by atoms with Crippen molar-refractivity contribution >= 4 is 50.9 Å². The Morgan fingerprint density at radius 3 is 2.77 bits per heavy atom. The topological polar surface area (TPSA) is 17.1 Å². The van der Waals surface area contributed by atoms with Gasteiger partial charge in [-0.25, -0.2) is 0 Å². The lowest BCUT2D eigenvalue weighted by molar-refractivity contribution is 0.112. The van der Waals surface area contributed by atoms with E-state index in [1.807, 2.05) is 0 Å². The van der Waals surface area contributed by atoms with E-state index in [-0.39, 0.29) is 0 Å². The summed E-state index contributed by atoms with van der Waals surface area (Å²) in [5.41, 5.74) is 0.550. The molecule has 2 rings (SSSR count). The highest BCUT2D eigenvalue weighted by molar-refractivity contribution is 7.18. The smallest absolute Gasteiger partial charge is 0.150 e. The number of rotatable bonds is 1. The van der Waals surface area contributed by atoms with Gasteiger partial charge in [0.1, 0.15) is 0 Å². The Hall–Kier alpha value is -0.570. The van der Waals surface area contributed by atoms with Gasteiger partial charge in [0, 0.05) is 26.1 Å². The minimum absolute atomic E-state index is 0.550. The number of fused-ring (bicyclic) bond motifs is 1. The molecule has 0 atom stereocenters. The van der Waals surface area contributed by atoms with Crippen LogP contribution in [0.25, 0.3) is 10.1 Å². The number of carbonyl (C=O) groups excluding carboxylic acids is 1. The zero-order valence-electron chi connectivity index (χ0n) is 6.38. The maximum absolute atomic E-state index is 10.7. The van der Waals surface area contributed by atoms with Gasteiger partial charge in [-0.05, 0) is 12.1 Å². The largest absolute Gasteiger partial charge is 0.298 e. The number of hydrogen-bond acceptors (Lipinski definition) is 2. The Balaban J connectivity index is 2.92. The Labute approximate surface area is 88.9 Å². The van der Waals surface area contributed by atoms with Gasteiger partial charge < -0.3 is 0 Å². The van der Waals surface area contributed by atoms with Crippen molar-refractivity contribution in [2.75, 3.05) is 0 Å². The number of thiophene rings is 1. The molecule has 0 aliphatic rings. The lowest BCUT2D eigenvalue weighted by atomic mass is 10.1. The first-order valence-corrected chi connectivity index (χ1v) is 5.17. The van der Waals surface area contributed by atoms with Gasteiger partial charge in [0.05, 0.1) is 5.02 Å². The first-order valence-electron chi connectivity index (χ1n) is 3.54. The van der Waals surface area contributed by atoms with Crippen molar-refractivity contribution in [3.63, 3.8) is 0 Å². The van der Waals surface area contributed by atoms with Crippen LogP contribution in [0.1, 0.15) is 10.4 Å². The molecule has 0 N–H and O–H groups in total. The van der Waals surface area contributed by atoms with E-state index in [1.54, 1.807) is 17.5 Å². The highest BCUT2D eigenvalue weighted by Gasteiger charge is 2.08. The molecule has 1 heterocycles. The van der Waals surface area contributed by atoms with E-state index < -0.39 is 0 Å². The molecule has 4 heteroatoms. The Bertz CT molecular complexity index is 476. The summed E-state index contributed by atoms with van der Waals surface area (Å²) in [5, 5.41) is 3.77. The third-order valence-corrected chi connectivity index (χ3v) is 3.33.